The van der Waals surface area contributed by atoms with Crippen molar-refractivity contribution < 1.29 is 18.7 Å². The number of carbonyl (C=O) groups excluding carboxylic acids is 2. The topological polar surface area (TPSA) is 82.4 Å². The third-order valence-corrected chi connectivity index (χ3v) is 5.99. The Balaban J connectivity index is 1.54. The molecule has 7 heteroatoms. The van der Waals surface area contributed by atoms with Crippen molar-refractivity contribution in [3.8, 4) is 11.8 Å². The number of hydrogen-bond donors (Lipinski definition) is 1. The van der Waals surface area contributed by atoms with Crippen LogP contribution in [0.2, 0.25) is 0 Å². The number of benzene rings is 2. The number of halogens is 1. The molecule has 0 saturated carbocycles. The Morgan fingerprint density at radius 2 is 1.91 bits per heavy atom. The number of likely N-dealkylation sites (tertiary alicyclic amines) is 1. The number of nitrogens with one attached hydrogen (secondary N) is 1. The molecule has 174 valence electrons. The van der Waals surface area contributed by atoms with Gasteiger partial charge in [0.1, 0.15) is 17.6 Å². The van der Waals surface area contributed by atoms with Crippen molar-refractivity contribution >= 4 is 11.8 Å². The summed E-state index contributed by atoms with van der Waals surface area (Å²) in [5, 5.41) is 12.2. The summed E-state index contributed by atoms with van der Waals surface area (Å²) in [7, 11) is 0. The van der Waals surface area contributed by atoms with Gasteiger partial charge in [-0.05, 0) is 55.0 Å². The first-order valence-electron chi connectivity index (χ1n) is 11.3. The molecule has 1 aliphatic rings. The van der Waals surface area contributed by atoms with Crippen molar-refractivity contribution in [1.29, 1.82) is 5.26 Å². The van der Waals surface area contributed by atoms with Crippen LogP contribution in [0.25, 0.3) is 0 Å². The van der Waals surface area contributed by atoms with Crippen LogP contribution in [0.4, 0.5) is 4.39 Å². The third kappa shape index (κ3) is 6.10. The minimum atomic E-state index is -0.707. The molecule has 1 aliphatic heterocycles. The van der Waals surface area contributed by atoms with Gasteiger partial charge in [-0.25, -0.2) is 4.39 Å². The average molecular weight is 452 g/mol. The summed E-state index contributed by atoms with van der Waals surface area (Å²) >= 11 is 0. The van der Waals surface area contributed by atoms with Gasteiger partial charge >= 0.3 is 0 Å². The summed E-state index contributed by atoms with van der Waals surface area (Å²) in [6.45, 7) is 6.71. The fraction of sp³-hybridized carbons (Fsp3) is 0.423. The molecule has 33 heavy (non-hydrogen) atoms. The van der Waals surface area contributed by atoms with E-state index < -0.39 is 6.10 Å². The maximum absolute atomic E-state index is 13.7. The van der Waals surface area contributed by atoms with Crippen molar-refractivity contribution in [3.63, 3.8) is 0 Å². The number of nitrogens with zero attached hydrogens (tertiary/aromatic N) is 2. The largest absolute Gasteiger partial charge is 0.479 e. The molecule has 1 N–H and O–H groups in total. The molecule has 0 radical (unpaired) electrons. The number of para-hydroxylation sites is 1. The van der Waals surface area contributed by atoms with Gasteiger partial charge in [-0.1, -0.05) is 38.1 Å². The standard InChI is InChI=1S/C26H30FN3O3/c1-17(2)24(33-23-7-5-4-6-21(23)15-28)26(32)30-12-10-20(11-13-30)25(31)29-16-19-9-8-18(3)22(27)14-19/h4-9,14,17,20,24H,10-13,16H2,1-3H3,(H,29,31). The highest BCUT2D eigenvalue weighted by molar-refractivity contribution is 5.83. The van der Waals surface area contributed by atoms with E-state index in [1.54, 1.807) is 48.2 Å². The minimum Gasteiger partial charge on any atom is -0.479 e. The highest BCUT2D eigenvalue weighted by Crippen LogP contribution is 2.24. The van der Waals surface area contributed by atoms with Crippen LogP contribution in [0.15, 0.2) is 42.5 Å². The number of carbonyl (C=O) groups is 2. The van der Waals surface area contributed by atoms with E-state index in [0.717, 1.165) is 0 Å². The molecule has 0 aliphatic carbocycles. The van der Waals surface area contributed by atoms with E-state index in [4.69, 9.17) is 4.74 Å². The number of aryl methyl sites for hydroxylation is 1. The van der Waals surface area contributed by atoms with Crippen LogP contribution in [-0.4, -0.2) is 35.9 Å². The Morgan fingerprint density at radius 3 is 2.55 bits per heavy atom. The van der Waals surface area contributed by atoms with E-state index >= 15 is 0 Å². The highest BCUT2D eigenvalue weighted by atomic mass is 19.1. The molecule has 1 saturated heterocycles. The summed E-state index contributed by atoms with van der Waals surface area (Å²) in [5.41, 5.74) is 1.68. The molecule has 2 aromatic rings. The van der Waals surface area contributed by atoms with Crippen molar-refractivity contribution in [2.24, 2.45) is 11.8 Å². The van der Waals surface area contributed by atoms with E-state index in [1.807, 2.05) is 13.8 Å². The molecule has 0 spiro atoms. The van der Waals surface area contributed by atoms with Crippen molar-refractivity contribution in [2.45, 2.75) is 46.3 Å². The van der Waals surface area contributed by atoms with Gasteiger partial charge in [0, 0.05) is 25.6 Å². The lowest BCUT2D eigenvalue weighted by Gasteiger charge is -2.34. The van der Waals surface area contributed by atoms with Gasteiger partial charge in [-0.2, -0.15) is 5.26 Å². The normalized spacial score (nSPS) is 15.1. The van der Waals surface area contributed by atoms with Gasteiger partial charge in [0.15, 0.2) is 6.10 Å². The SMILES string of the molecule is Cc1ccc(CNC(=O)C2CCN(C(=O)C(Oc3ccccc3C#N)C(C)C)CC2)cc1F. The van der Waals surface area contributed by atoms with Gasteiger partial charge in [-0.15, -0.1) is 0 Å². The van der Waals surface area contributed by atoms with Gasteiger partial charge in [0.2, 0.25) is 5.91 Å². The van der Waals surface area contributed by atoms with Crippen LogP contribution in [0.1, 0.15) is 43.4 Å². The zero-order chi connectivity index (χ0) is 24.0. The third-order valence-electron chi connectivity index (χ3n) is 5.99. The zero-order valence-corrected chi connectivity index (χ0v) is 19.3. The van der Waals surface area contributed by atoms with E-state index in [9.17, 15) is 19.2 Å². The van der Waals surface area contributed by atoms with Gasteiger partial charge in [0.25, 0.3) is 5.91 Å². The van der Waals surface area contributed by atoms with Crippen LogP contribution in [0.5, 0.6) is 5.75 Å². The van der Waals surface area contributed by atoms with Gasteiger partial charge in [0.05, 0.1) is 5.56 Å². The molecular weight excluding hydrogens is 421 g/mol. The zero-order valence-electron chi connectivity index (χ0n) is 19.3. The maximum Gasteiger partial charge on any atom is 0.263 e. The van der Waals surface area contributed by atoms with Gasteiger partial charge in [-0.3, -0.25) is 9.59 Å². The number of rotatable bonds is 7. The van der Waals surface area contributed by atoms with E-state index in [0.29, 0.717) is 48.4 Å². The molecule has 0 bridgehead atoms. The number of nitriles is 1. The summed E-state index contributed by atoms with van der Waals surface area (Å²) in [6.07, 6.45) is 0.403. The number of piperidine rings is 1. The van der Waals surface area contributed by atoms with Crippen LogP contribution in [-0.2, 0) is 16.1 Å². The molecule has 3 rings (SSSR count). The van der Waals surface area contributed by atoms with Crippen molar-refractivity contribution in [1.82, 2.24) is 10.2 Å². The fourth-order valence-corrected chi connectivity index (χ4v) is 3.89. The lowest BCUT2D eigenvalue weighted by molar-refractivity contribution is -0.143. The summed E-state index contributed by atoms with van der Waals surface area (Å²) in [6, 6.07) is 13.9. The molecule has 6 nitrogen and oxygen atoms in total. The summed E-state index contributed by atoms with van der Waals surface area (Å²) in [4.78, 5) is 27.5. The van der Waals surface area contributed by atoms with Crippen LogP contribution < -0.4 is 10.1 Å². The predicted octanol–water partition coefficient (Wildman–Crippen LogP) is 3.96. The lowest BCUT2D eigenvalue weighted by Crippen LogP contribution is -2.49. The Bertz CT molecular complexity index is 1040. The molecule has 1 heterocycles. The van der Waals surface area contributed by atoms with Crippen LogP contribution >= 0.6 is 0 Å². The Kier molecular flexibility index (Phi) is 8.05. The van der Waals surface area contributed by atoms with Crippen LogP contribution in [0.3, 0.4) is 0 Å². The second-order valence-corrected chi connectivity index (χ2v) is 8.79. The molecule has 0 aromatic heterocycles. The minimum absolute atomic E-state index is 0.0808. The maximum atomic E-state index is 13.7. The van der Waals surface area contributed by atoms with Crippen molar-refractivity contribution in [2.75, 3.05) is 13.1 Å². The number of amides is 2. The molecule has 1 fully saturated rings. The average Bonchev–Trinajstić information content (AvgIpc) is 2.82. The predicted molar refractivity (Wildman–Crippen MR) is 123 cm³/mol. The molecule has 1 atom stereocenters. The Labute approximate surface area is 194 Å². The second kappa shape index (κ2) is 11.0. The Hall–Kier alpha value is -3.40. The first-order chi connectivity index (χ1) is 15.8. The molecule has 2 amide bonds. The Morgan fingerprint density at radius 1 is 1.21 bits per heavy atom. The van der Waals surface area contributed by atoms with E-state index in [1.165, 1.54) is 6.07 Å². The number of hydrogen-bond acceptors (Lipinski definition) is 4. The monoisotopic (exact) mass is 451 g/mol. The summed E-state index contributed by atoms with van der Waals surface area (Å²) < 4.78 is 19.7. The first kappa shape index (κ1) is 24.2. The van der Waals surface area contributed by atoms with E-state index in [2.05, 4.69) is 11.4 Å². The fourth-order valence-electron chi connectivity index (χ4n) is 3.89. The van der Waals surface area contributed by atoms with Crippen molar-refractivity contribution in [3.05, 3.63) is 65.0 Å². The van der Waals surface area contributed by atoms with Crippen LogP contribution in [0, 0.1) is 35.9 Å². The lowest BCUT2D eigenvalue weighted by atomic mass is 9.94. The smallest absolute Gasteiger partial charge is 0.263 e. The number of ether oxygens (including phenoxy) is 1. The van der Waals surface area contributed by atoms with Gasteiger partial charge < -0.3 is 15.0 Å². The molecular formula is C26H30FN3O3. The first-order valence-corrected chi connectivity index (χ1v) is 11.3. The highest BCUT2D eigenvalue weighted by Gasteiger charge is 2.33. The molecule has 2 aromatic carbocycles. The second-order valence-electron chi connectivity index (χ2n) is 8.79. The van der Waals surface area contributed by atoms with E-state index in [-0.39, 0.29) is 36.0 Å². The summed E-state index contributed by atoms with van der Waals surface area (Å²) in [5.74, 6) is -0.376. The molecule has 1 unspecified atom stereocenters. The quantitative estimate of drug-likeness (QED) is 0.691.